The van der Waals surface area contributed by atoms with Gasteiger partial charge in [-0.2, -0.15) is 13.2 Å². The molecule has 4 rings (SSSR count). The summed E-state index contributed by atoms with van der Waals surface area (Å²) in [5.74, 6) is -0.0150. The van der Waals surface area contributed by atoms with E-state index in [1.54, 1.807) is 31.4 Å². The molecule has 0 spiro atoms. The summed E-state index contributed by atoms with van der Waals surface area (Å²) in [5, 5.41) is 0. The van der Waals surface area contributed by atoms with Gasteiger partial charge in [0.15, 0.2) is 15.5 Å². The predicted octanol–water partition coefficient (Wildman–Crippen LogP) is 3.90. The third kappa shape index (κ3) is 3.76. The number of alkyl halides is 3. The first kappa shape index (κ1) is 20.9. The van der Waals surface area contributed by atoms with Crippen LogP contribution in [0, 0.1) is 0 Å². The molecule has 0 aromatic carbocycles. The second-order valence-electron chi connectivity index (χ2n) is 6.74. The standard InChI is InChI=1S/C20H16F3N5O2S/c1-3-31(29,30)17-11-25-15(14-6-4-5-7-24-14)9-13(17)18-27-16-8-12(20(21,22)23)10-26-19(16)28(18)2/h4-11H,3H2,1-2H3. The van der Waals surface area contributed by atoms with Crippen molar-refractivity contribution in [1.82, 2.24) is 24.5 Å². The maximum atomic E-state index is 13.1. The summed E-state index contributed by atoms with van der Waals surface area (Å²) in [6, 6.07) is 7.62. The maximum absolute atomic E-state index is 13.1. The first-order valence-electron chi connectivity index (χ1n) is 9.16. The molecule has 160 valence electrons. The van der Waals surface area contributed by atoms with Crippen molar-refractivity contribution in [3.63, 3.8) is 0 Å². The average molecular weight is 447 g/mol. The SMILES string of the molecule is CCS(=O)(=O)c1cnc(-c2ccccn2)cc1-c1nc2cc(C(F)(F)F)cnc2n1C. The first-order chi connectivity index (χ1) is 14.6. The van der Waals surface area contributed by atoms with Gasteiger partial charge in [-0.05, 0) is 24.3 Å². The molecule has 0 N–H and O–H groups in total. The number of pyridine rings is 3. The van der Waals surface area contributed by atoms with Gasteiger partial charge in [-0.15, -0.1) is 0 Å². The van der Waals surface area contributed by atoms with Crippen LogP contribution in [0.3, 0.4) is 0 Å². The van der Waals surface area contributed by atoms with Gasteiger partial charge in [0.05, 0.1) is 27.6 Å². The predicted molar refractivity (Wildman–Crippen MR) is 108 cm³/mol. The third-order valence-corrected chi connectivity index (χ3v) is 6.54. The van der Waals surface area contributed by atoms with E-state index in [-0.39, 0.29) is 33.2 Å². The van der Waals surface area contributed by atoms with E-state index in [2.05, 4.69) is 19.9 Å². The summed E-state index contributed by atoms with van der Waals surface area (Å²) >= 11 is 0. The van der Waals surface area contributed by atoms with Gasteiger partial charge in [-0.1, -0.05) is 13.0 Å². The van der Waals surface area contributed by atoms with Gasteiger partial charge in [0.2, 0.25) is 0 Å². The zero-order valence-electron chi connectivity index (χ0n) is 16.4. The summed E-state index contributed by atoms with van der Waals surface area (Å²) in [6.07, 6.45) is -1.04. The molecular weight excluding hydrogens is 431 g/mol. The molecule has 7 nitrogen and oxygen atoms in total. The number of hydrogen-bond donors (Lipinski definition) is 0. The summed E-state index contributed by atoms with van der Waals surface area (Å²) in [7, 11) is -2.13. The number of halogens is 3. The Hall–Kier alpha value is -3.34. The van der Waals surface area contributed by atoms with E-state index in [4.69, 9.17) is 0 Å². The summed E-state index contributed by atoms with van der Waals surface area (Å²) in [5.41, 5.74) is 0.394. The zero-order chi connectivity index (χ0) is 22.4. The van der Waals surface area contributed by atoms with Gasteiger partial charge in [0, 0.05) is 31.2 Å². The van der Waals surface area contributed by atoms with Crippen LogP contribution < -0.4 is 0 Å². The van der Waals surface area contributed by atoms with Gasteiger partial charge >= 0.3 is 6.18 Å². The van der Waals surface area contributed by atoms with Crippen LogP contribution in [0.2, 0.25) is 0 Å². The number of nitrogens with zero attached hydrogens (tertiary/aromatic N) is 5. The Morgan fingerprint density at radius 3 is 2.45 bits per heavy atom. The van der Waals surface area contributed by atoms with E-state index in [0.29, 0.717) is 11.4 Å². The summed E-state index contributed by atoms with van der Waals surface area (Å²) < 4.78 is 66.1. The molecule has 0 unspecified atom stereocenters. The monoisotopic (exact) mass is 447 g/mol. The molecule has 4 heterocycles. The Kier molecular flexibility index (Phi) is 5.00. The number of hydrogen-bond acceptors (Lipinski definition) is 6. The van der Waals surface area contributed by atoms with Crippen LogP contribution in [-0.2, 0) is 23.1 Å². The minimum Gasteiger partial charge on any atom is -0.312 e. The fourth-order valence-corrected chi connectivity index (χ4v) is 4.16. The molecule has 0 amide bonds. The Bertz CT molecular complexity index is 1380. The van der Waals surface area contributed by atoms with Crippen molar-refractivity contribution in [2.75, 3.05) is 5.75 Å². The normalized spacial score (nSPS) is 12.4. The van der Waals surface area contributed by atoms with Crippen LogP contribution in [0.4, 0.5) is 13.2 Å². The molecule has 4 aromatic rings. The number of fused-ring (bicyclic) bond motifs is 1. The smallest absolute Gasteiger partial charge is 0.312 e. The van der Waals surface area contributed by atoms with Gasteiger partial charge in [0.25, 0.3) is 0 Å². The number of aromatic nitrogens is 5. The molecule has 11 heteroatoms. The lowest BCUT2D eigenvalue weighted by atomic mass is 10.1. The molecule has 0 atom stereocenters. The third-order valence-electron chi connectivity index (χ3n) is 4.79. The van der Waals surface area contributed by atoms with Crippen LogP contribution >= 0.6 is 0 Å². The molecule has 31 heavy (non-hydrogen) atoms. The minimum absolute atomic E-state index is 0.00312. The fourth-order valence-electron chi connectivity index (χ4n) is 3.15. The molecule has 0 radical (unpaired) electrons. The van der Waals surface area contributed by atoms with E-state index in [9.17, 15) is 21.6 Å². The van der Waals surface area contributed by atoms with Crippen molar-refractivity contribution < 1.29 is 21.6 Å². The lowest BCUT2D eigenvalue weighted by Gasteiger charge is -2.11. The van der Waals surface area contributed by atoms with Crippen molar-refractivity contribution >= 4 is 21.0 Å². The van der Waals surface area contributed by atoms with Crippen molar-refractivity contribution in [2.24, 2.45) is 7.05 Å². The number of imidazole rings is 1. The second-order valence-corrected chi connectivity index (χ2v) is 8.99. The van der Waals surface area contributed by atoms with E-state index in [1.165, 1.54) is 23.8 Å². The lowest BCUT2D eigenvalue weighted by Crippen LogP contribution is -2.08. The van der Waals surface area contributed by atoms with Gasteiger partial charge in [0.1, 0.15) is 11.3 Å². The Balaban J connectivity index is 1.99. The lowest BCUT2D eigenvalue weighted by molar-refractivity contribution is -0.137. The zero-order valence-corrected chi connectivity index (χ0v) is 17.2. The molecule has 0 aliphatic rings. The Morgan fingerprint density at radius 1 is 1.03 bits per heavy atom. The van der Waals surface area contributed by atoms with E-state index in [1.807, 2.05) is 0 Å². The van der Waals surface area contributed by atoms with E-state index in [0.717, 1.165) is 12.3 Å². The molecule has 0 saturated heterocycles. The fraction of sp³-hybridized carbons (Fsp3) is 0.200. The van der Waals surface area contributed by atoms with Crippen molar-refractivity contribution in [2.45, 2.75) is 18.0 Å². The highest BCUT2D eigenvalue weighted by Crippen LogP contribution is 2.34. The maximum Gasteiger partial charge on any atom is 0.417 e. The van der Waals surface area contributed by atoms with Crippen LogP contribution in [0.5, 0.6) is 0 Å². The van der Waals surface area contributed by atoms with Crippen LogP contribution in [0.25, 0.3) is 33.9 Å². The number of rotatable bonds is 4. The first-order valence-corrected chi connectivity index (χ1v) is 10.8. The Morgan fingerprint density at radius 2 is 1.81 bits per heavy atom. The molecule has 0 bridgehead atoms. The minimum atomic E-state index is -4.57. The molecule has 0 aliphatic carbocycles. The number of sulfone groups is 1. The largest absolute Gasteiger partial charge is 0.417 e. The van der Waals surface area contributed by atoms with Crippen molar-refractivity contribution in [1.29, 1.82) is 0 Å². The van der Waals surface area contributed by atoms with E-state index < -0.39 is 21.6 Å². The van der Waals surface area contributed by atoms with E-state index >= 15 is 0 Å². The van der Waals surface area contributed by atoms with Crippen LogP contribution in [0.15, 0.2) is 53.8 Å². The van der Waals surface area contributed by atoms with Gasteiger partial charge in [-0.25, -0.2) is 18.4 Å². The van der Waals surface area contributed by atoms with Crippen molar-refractivity contribution in [3.05, 3.63) is 54.5 Å². The molecular formula is C20H16F3N5O2S. The topological polar surface area (TPSA) is 90.6 Å². The molecule has 0 aliphatic heterocycles. The second kappa shape index (κ2) is 7.41. The van der Waals surface area contributed by atoms with Gasteiger partial charge in [-0.3, -0.25) is 9.97 Å². The summed E-state index contributed by atoms with van der Waals surface area (Å²) in [4.78, 5) is 16.6. The Labute approximate surface area is 175 Å². The molecule has 4 aromatic heterocycles. The highest BCUT2D eigenvalue weighted by atomic mass is 32.2. The molecule has 0 fully saturated rings. The quantitative estimate of drug-likeness (QED) is 0.471. The highest BCUT2D eigenvalue weighted by Gasteiger charge is 2.32. The highest BCUT2D eigenvalue weighted by molar-refractivity contribution is 7.91. The summed E-state index contributed by atoms with van der Waals surface area (Å²) in [6.45, 7) is 1.50. The number of aryl methyl sites for hydroxylation is 1. The average Bonchev–Trinajstić information content (AvgIpc) is 3.09. The molecule has 0 saturated carbocycles. The van der Waals surface area contributed by atoms with Crippen LogP contribution in [0.1, 0.15) is 12.5 Å². The van der Waals surface area contributed by atoms with Gasteiger partial charge < -0.3 is 4.57 Å². The van der Waals surface area contributed by atoms with Crippen molar-refractivity contribution in [3.8, 4) is 22.8 Å². The van der Waals surface area contributed by atoms with Crippen LogP contribution in [-0.4, -0.2) is 38.7 Å².